The summed E-state index contributed by atoms with van der Waals surface area (Å²) in [5.74, 6) is 1.01. The average molecular weight is 531 g/mol. The number of fused-ring (bicyclic) bond motifs is 1. The minimum absolute atomic E-state index is 0.500. The van der Waals surface area contributed by atoms with E-state index in [0.29, 0.717) is 11.8 Å². The minimum atomic E-state index is 0.500. The van der Waals surface area contributed by atoms with Gasteiger partial charge in [-0.25, -0.2) is 9.97 Å². The predicted octanol–water partition coefficient (Wildman–Crippen LogP) is 8.96. The Balaban J connectivity index is 1.21. The maximum atomic E-state index is 5.92. The van der Waals surface area contributed by atoms with E-state index in [9.17, 15) is 0 Å². The Morgan fingerprint density at radius 1 is 0.415 bits per heavy atom. The quantitative estimate of drug-likeness (QED) is 0.222. The van der Waals surface area contributed by atoms with Crippen molar-refractivity contribution in [1.29, 1.82) is 0 Å². The zero-order valence-corrected chi connectivity index (χ0v) is 22.7. The molecule has 0 aliphatic heterocycles. The molecular formula is C36H26N4O. The lowest BCUT2D eigenvalue weighted by molar-refractivity contribution is 0.584. The minimum Gasteiger partial charge on any atom is -0.416 e. The van der Waals surface area contributed by atoms with Crippen LogP contribution in [0, 0.1) is 13.8 Å². The van der Waals surface area contributed by atoms with Gasteiger partial charge in [-0.1, -0.05) is 83.9 Å². The number of aromatic nitrogens is 4. The summed E-state index contributed by atoms with van der Waals surface area (Å²) in [6.45, 7) is 4.23. The van der Waals surface area contributed by atoms with Gasteiger partial charge in [-0.2, -0.15) is 0 Å². The van der Waals surface area contributed by atoms with Gasteiger partial charge in [-0.15, -0.1) is 10.2 Å². The predicted molar refractivity (Wildman–Crippen MR) is 164 cm³/mol. The normalized spacial score (nSPS) is 11.2. The third-order valence-electron chi connectivity index (χ3n) is 7.13. The summed E-state index contributed by atoms with van der Waals surface area (Å²) in [6.07, 6.45) is 0. The molecule has 0 amide bonds. The van der Waals surface area contributed by atoms with Crippen molar-refractivity contribution < 1.29 is 4.42 Å². The molecule has 41 heavy (non-hydrogen) atoms. The van der Waals surface area contributed by atoms with E-state index in [0.717, 1.165) is 55.8 Å². The fourth-order valence-electron chi connectivity index (χ4n) is 5.18. The molecule has 7 aromatic rings. The number of aryl methyl sites for hydroxylation is 2. The van der Waals surface area contributed by atoms with Gasteiger partial charge in [0.05, 0.1) is 22.4 Å². The summed E-state index contributed by atoms with van der Waals surface area (Å²) in [5.41, 5.74) is 12.0. The van der Waals surface area contributed by atoms with Crippen LogP contribution in [-0.4, -0.2) is 20.2 Å². The molecule has 0 fully saturated rings. The lowest BCUT2D eigenvalue weighted by Crippen LogP contribution is -1.96. The Kier molecular flexibility index (Phi) is 6.17. The zero-order chi connectivity index (χ0) is 27.8. The average Bonchev–Trinajstić information content (AvgIpc) is 3.51. The fraction of sp³-hybridized carbons (Fsp3) is 0.0556. The second kappa shape index (κ2) is 10.3. The monoisotopic (exact) mass is 530 g/mol. The third-order valence-corrected chi connectivity index (χ3v) is 7.13. The van der Waals surface area contributed by atoms with Gasteiger partial charge in [0, 0.05) is 22.3 Å². The largest absolute Gasteiger partial charge is 0.416 e. The first kappa shape index (κ1) is 24.6. The highest BCUT2D eigenvalue weighted by Crippen LogP contribution is 2.34. The molecule has 2 aromatic heterocycles. The van der Waals surface area contributed by atoms with Crippen molar-refractivity contribution in [3.8, 4) is 56.6 Å². The number of nitrogens with zero attached hydrogens (tertiary/aromatic N) is 4. The highest BCUT2D eigenvalue weighted by Gasteiger charge is 2.15. The van der Waals surface area contributed by atoms with Crippen molar-refractivity contribution in [1.82, 2.24) is 20.2 Å². The van der Waals surface area contributed by atoms with E-state index >= 15 is 0 Å². The van der Waals surface area contributed by atoms with Crippen LogP contribution >= 0.6 is 0 Å². The van der Waals surface area contributed by atoms with E-state index < -0.39 is 0 Å². The van der Waals surface area contributed by atoms with Crippen LogP contribution in [0.25, 0.3) is 67.6 Å². The molecule has 5 aromatic carbocycles. The Hall–Kier alpha value is -5.42. The van der Waals surface area contributed by atoms with E-state index in [1.807, 2.05) is 66.7 Å². The van der Waals surface area contributed by atoms with Crippen molar-refractivity contribution in [3.05, 3.63) is 132 Å². The molecule has 5 heteroatoms. The van der Waals surface area contributed by atoms with Crippen molar-refractivity contribution >= 4 is 11.0 Å². The first-order valence-corrected chi connectivity index (χ1v) is 13.6. The fourth-order valence-corrected chi connectivity index (χ4v) is 5.18. The molecule has 0 saturated heterocycles. The van der Waals surface area contributed by atoms with E-state index in [4.69, 9.17) is 14.4 Å². The highest BCUT2D eigenvalue weighted by atomic mass is 16.4. The Morgan fingerprint density at radius 2 is 0.854 bits per heavy atom. The van der Waals surface area contributed by atoms with Crippen LogP contribution in [-0.2, 0) is 0 Å². The summed E-state index contributed by atoms with van der Waals surface area (Å²) in [7, 11) is 0. The van der Waals surface area contributed by atoms with E-state index in [1.165, 1.54) is 11.1 Å². The van der Waals surface area contributed by atoms with Gasteiger partial charge in [-0.3, -0.25) is 0 Å². The zero-order valence-electron chi connectivity index (χ0n) is 22.7. The van der Waals surface area contributed by atoms with Crippen molar-refractivity contribution in [3.63, 3.8) is 0 Å². The molecule has 7 rings (SSSR count). The summed E-state index contributed by atoms with van der Waals surface area (Å²) in [5, 5.41) is 8.46. The lowest BCUT2D eigenvalue weighted by atomic mass is 9.98. The molecule has 0 radical (unpaired) electrons. The van der Waals surface area contributed by atoms with Gasteiger partial charge in [0.1, 0.15) is 0 Å². The molecule has 0 spiro atoms. The first-order valence-electron chi connectivity index (χ1n) is 13.6. The maximum absolute atomic E-state index is 5.92. The second-order valence-electron chi connectivity index (χ2n) is 10.2. The van der Waals surface area contributed by atoms with Gasteiger partial charge < -0.3 is 4.42 Å². The molecule has 0 N–H and O–H groups in total. The molecule has 0 atom stereocenters. The van der Waals surface area contributed by atoms with Gasteiger partial charge >= 0.3 is 0 Å². The third kappa shape index (κ3) is 4.90. The van der Waals surface area contributed by atoms with Crippen molar-refractivity contribution in [2.24, 2.45) is 0 Å². The van der Waals surface area contributed by atoms with E-state index in [2.05, 4.69) is 78.6 Å². The summed E-state index contributed by atoms with van der Waals surface area (Å²) in [4.78, 5) is 10.1. The molecule has 0 aliphatic rings. The SMILES string of the molecule is Cc1cc(C)cc(-c2nc3ccccc3nc2-c2ccc(-c3ccc(-c4nnc(-c5ccccc5)o4)cc3)cc2)c1. The van der Waals surface area contributed by atoms with Gasteiger partial charge in [0.15, 0.2) is 0 Å². The topological polar surface area (TPSA) is 64.7 Å². The van der Waals surface area contributed by atoms with E-state index in [1.54, 1.807) is 0 Å². The summed E-state index contributed by atoms with van der Waals surface area (Å²) >= 11 is 0. The van der Waals surface area contributed by atoms with Crippen LogP contribution in [0.3, 0.4) is 0 Å². The Bertz CT molecular complexity index is 1970. The molecule has 5 nitrogen and oxygen atoms in total. The standard InChI is InChI=1S/C36H26N4O/c1-23-20-24(2)22-30(21-23)34-33(37-31-10-6-7-11-32(31)38-34)27-16-12-25(13-17-27)26-14-18-29(19-15-26)36-40-39-35(41-36)28-8-4-3-5-9-28/h3-22H,1-2H3. The maximum Gasteiger partial charge on any atom is 0.248 e. The van der Waals surface area contributed by atoms with Crippen LogP contribution < -0.4 is 0 Å². The molecular weight excluding hydrogens is 504 g/mol. The van der Waals surface area contributed by atoms with Crippen LogP contribution in [0.15, 0.2) is 126 Å². The van der Waals surface area contributed by atoms with Crippen LogP contribution in [0.5, 0.6) is 0 Å². The molecule has 196 valence electrons. The van der Waals surface area contributed by atoms with Gasteiger partial charge in [0.25, 0.3) is 0 Å². The van der Waals surface area contributed by atoms with Crippen LogP contribution in [0.2, 0.25) is 0 Å². The molecule has 0 aliphatic carbocycles. The highest BCUT2D eigenvalue weighted by molar-refractivity contribution is 5.87. The number of benzene rings is 5. The Morgan fingerprint density at radius 3 is 1.41 bits per heavy atom. The molecule has 0 saturated carbocycles. The molecule has 0 unspecified atom stereocenters. The van der Waals surface area contributed by atoms with Gasteiger partial charge in [0.2, 0.25) is 11.8 Å². The number of hydrogen-bond acceptors (Lipinski definition) is 5. The number of rotatable bonds is 5. The van der Waals surface area contributed by atoms with Crippen LogP contribution in [0.1, 0.15) is 11.1 Å². The van der Waals surface area contributed by atoms with Crippen molar-refractivity contribution in [2.45, 2.75) is 13.8 Å². The molecule has 2 heterocycles. The first-order chi connectivity index (χ1) is 20.1. The van der Waals surface area contributed by atoms with E-state index in [-0.39, 0.29) is 0 Å². The van der Waals surface area contributed by atoms with Gasteiger partial charge in [-0.05, 0) is 73.5 Å². The lowest BCUT2D eigenvalue weighted by Gasteiger charge is -2.12. The summed E-state index contributed by atoms with van der Waals surface area (Å²) < 4.78 is 5.92. The van der Waals surface area contributed by atoms with Crippen molar-refractivity contribution in [2.75, 3.05) is 0 Å². The number of para-hydroxylation sites is 2. The Labute approximate surface area is 238 Å². The molecule has 0 bridgehead atoms. The summed E-state index contributed by atoms with van der Waals surface area (Å²) in [6, 6.07) is 41.0. The smallest absolute Gasteiger partial charge is 0.248 e. The second-order valence-corrected chi connectivity index (χ2v) is 10.2. The number of hydrogen-bond donors (Lipinski definition) is 0. The van der Waals surface area contributed by atoms with Crippen LogP contribution in [0.4, 0.5) is 0 Å².